The van der Waals surface area contributed by atoms with E-state index in [0.717, 1.165) is 10.2 Å². The second kappa shape index (κ2) is 6.90. The molecule has 1 aromatic heterocycles. The van der Waals surface area contributed by atoms with Crippen LogP contribution in [0.5, 0.6) is 11.5 Å². The van der Waals surface area contributed by atoms with Crippen molar-refractivity contribution in [1.29, 1.82) is 0 Å². The molecule has 24 heavy (non-hydrogen) atoms. The summed E-state index contributed by atoms with van der Waals surface area (Å²) in [5.74, 6) is 0.794. The summed E-state index contributed by atoms with van der Waals surface area (Å²) in [7, 11) is 2.97. The van der Waals surface area contributed by atoms with Gasteiger partial charge in [0.2, 0.25) is 0 Å². The molecule has 0 radical (unpaired) electrons. The van der Waals surface area contributed by atoms with Crippen LogP contribution in [-0.4, -0.2) is 29.8 Å². The van der Waals surface area contributed by atoms with E-state index >= 15 is 0 Å². The van der Waals surface area contributed by atoms with Gasteiger partial charge in [0.1, 0.15) is 22.7 Å². The number of ether oxygens (including phenoxy) is 2. The summed E-state index contributed by atoms with van der Waals surface area (Å²) in [5.41, 5.74) is 1.71. The molecule has 0 fully saturated rings. The molecule has 1 heterocycles. The number of nitrogens with zero attached hydrogens (tertiary/aromatic N) is 2. The van der Waals surface area contributed by atoms with E-state index in [1.165, 1.54) is 25.8 Å². The van der Waals surface area contributed by atoms with Gasteiger partial charge in [-0.3, -0.25) is 0 Å². The van der Waals surface area contributed by atoms with Gasteiger partial charge in [0.25, 0.3) is 0 Å². The second-order valence-corrected chi connectivity index (χ2v) is 5.94. The van der Waals surface area contributed by atoms with Crippen LogP contribution >= 0.6 is 23.1 Å². The predicted octanol–water partition coefficient (Wildman–Crippen LogP) is 4.01. The van der Waals surface area contributed by atoms with Gasteiger partial charge in [-0.05, 0) is 29.7 Å². The van der Waals surface area contributed by atoms with Gasteiger partial charge in [-0.1, -0.05) is 16.1 Å². The summed E-state index contributed by atoms with van der Waals surface area (Å²) in [6, 6.07) is 8.10. The molecule has 2 N–H and O–H groups in total. The maximum atomic E-state index is 12.3. The van der Waals surface area contributed by atoms with Crippen molar-refractivity contribution in [2.24, 2.45) is 0 Å². The Kier molecular flexibility index (Phi) is 4.68. The monoisotopic (exact) mass is 364 g/mol. The topological polar surface area (TPSA) is 85.4 Å². The zero-order valence-electron chi connectivity index (χ0n) is 12.8. The number of methoxy groups -OCH3 is 2. The second-order valence-electron chi connectivity index (χ2n) is 4.72. The van der Waals surface area contributed by atoms with Gasteiger partial charge in [0, 0.05) is 22.8 Å². The number of anilines is 2. The fourth-order valence-corrected chi connectivity index (χ4v) is 2.87. The minimum absolute atomic E-state index is 0.387. The lowest BCUT2D eigenvalue weighted by atomic mass is 10.2. The molecule has 0 atom stereocenters. The summed E-state index contributed by atoms with van der Waals surface area (Å²) < 4.78 is 15.3. The molecule has 2 aromatic carbocycles. The van der Waals surface area contributed by atoms with Crippen LogP contribution in [0.1, 0.15) is 0 Å². The third-order valence-electron chi connectivity index (χ3n) is 3.21. The summed E-state index contributed by atoms with van der Waals surface area (Å²) in [6.07, 6.45) is 0. The largest absolute Gasteiger partial charge is 0.494 e. The molecule has 0 aliphatic rings. The molecule has 7 nitrogen and oxygen atoms in total. The van der Waals surface area contributed by atoms with Crippen LogP contribution in [0, 0.1) is 0 Å². The van der Waals surface area contributed by atoms with Crippen LogP contribution in [-0.2, 0) is 0 Å². The van der Waals surface area contributed by atoms with E-state index < -0.39 is 6.03 Å². The molecule has 124 valence electrons. The van der Waals surface area contributed by atoms with Crippen molar-refractivity contribution in [3.05, 3.63) is 35.4 Å². The smallest absolute Gasteiger partial charge is 0.323 e. The highest BCUT2D eigenvalue weighted by molar-refractivity contribution is 7.12. The fraction of sp³-hybridized carbons (Fsp3) is 0.133. The number of aromatic nitrogens is 2. The maximum Gasteiger partial charge on any atom is 0.323 e. The SMILES string of the molecule is COc1cc(Cl)cc(OC)c1NC(=O)Nc1ccc2snnc2c1. The first-order valence-corrected chi connectivity index (χ1v) is 7.97. The molecule has 0 aliphatic heterocycles. The van der Waals surface area contributed by atoms with Crippen molar-refractivity contribution >= 4 is 50.8 Å². The van der Waals surface area contributed by atoms with Gasteiger partial charge in [0.05, 0.1) is 18.9 Å². The third-order valence-corrected chi connectivity index (χ3v) is 4.14. The van der Waals surface area contributed by atoms with Crippen LogP contribution in [0.25, 0.3) is 10.2 Å². The minimum Gasteiger partial charge on any atom is -0.494 e. The van der Waals surface area contributed by atoms with Gasteiger partial charge in [-0.15, -0.1) is 5.10 Å². The molecule has 2 amide bonds. The van der Waals surface area contributed by atoms with Crippen molar-refractivity contribution < 1.29 is 14.3 Å². The normalized spacial score (nSPS) is 10.5. The Morgan fingerprint density at radius 1 is 1.12 bits per heavy atom. The number of benzene rings is 2. The Morgan fingerprint density at radius 3 is 2.50 bits per heavy atom. The Balaban J connectivity index is 1.81. The lowest BCUT2D eigenvalue weighted by molar-refractivity contribution is 0.262. The average molecular weight is 365 g/mol. The van der Waals surface area contributed by atoms with Gasteiger partial charge >= 0.3 is 6.03 Å². The fourth-order valence-electron chi connectivity index (χ4n) is 2.14. The molecule has 0 spiro atoms. The summed E-state index contributed by atoms with van der Waals surface area (Å²) in [5, 5.41) is 9.86. The minimum atomic E-state index is -0.448. The number of rotatable bonds is 4. The van der Waals surface area contributed by atoms with E-state index in [9.17, 15) is 4.79 Å². The Morgan fingerprint density at radius 2 is 1.83 bits per heavy atom. The predicted molar refractivity (Wildman–Crippen MR) is 94.6 cm³/mol. The van der Waals surface area contributed by atoms with Gasteiger partial charge in [-0.25, -0.2) is 4.79 Å². The van der Waals surface area contributed by atoms with Crippen molar-refractivity contribution in [3.8, 4) is 11.5 Å². The zero-order valence-corrected chi connectivity index (χ0v) is 14.4. The Hall–Kier alpha value is -2.58. The first-order chi connectivity index (χ1) is 11.6. The highest BCUT2D eigenvalue weighted by atomic mass is 35.5. The number of hydrogen-bond acceptors (Lipinski definition) is 6. The molecular formula is C15H13ClN4O3S. The van der Waals surface area contributed by atoms with E-state index in [4.69, 9.17) is 21.1 Å². The van der Waals surface area contributed by atoms with E-state index in [2.05, 4.69) is 20.2 Å². The lowest BCUT2D eigenvalue weighted by Gasteiger charge is -2.15. The number of fused-ring (bicyclic) bond motifs is 1. The molecule has 9 heteroatoms. The third kappa shape index (κ3) is 3.34. The standard InChI is InChI=1S/C15H13ClN4O3S/c1-22-11-5-8(16)6-12(23-2)14(11)18-15(21)17-9-3-4-13-10(7-9)19-20-24-13/h3-7H,1-2H3,(H2,17,18,21). The number of carbonyl (C=O) groups is 1. The van der Waals surface area contributed by atoms with E-state index in [1.54, 1.807) is 24.3 Å². The molecule has 3 aromatic rings. The van der Waals surface area contributed by atoms with Crippen LogP contribution in [0.15, 0.2) is 30.3 Å². The average Bonchev–Trinajstić information content (AvgIpc) is 3.03. The number of halogens is 1. The number of amides is 2. The van der Waals surface area contributed by atoms with Crippen LogP contribution in [0.3, 0.4) is 0 Å². The summed E-state index contributed by atoms with van der Waals surface area (Å²) >= 11 is 7.28. The molecule has 0 bridgehead atoms. The highest BCUT2D eigenvalue weighted by Gasteiger charge is 2.15. The quantitative estimate of drug-likeness (QED) is 0.730. The summed E-state index contributed by atoms with van der Waals surface area (Å²) in [6.45, 7) is 0. The van der Waals surface area contributed by atoms with Crippen LogP contribution < -0.4 is 20.1 Å². The summed E-state index contributed by atoms with van der Waals surface area (Å²) in [4.78, 5) is 12.3. The molecule has 0 saturated carbocycles. The van der Waals surface area contributed by atoms with Crippen LogP contribution in [0.2, 0.25) is 5.02 Å². The van der Waals surface area contributed by atoms with Gasteiger partial charge in [-0.2, -0.15) is 0 Å². The maximum absolute atomic E-state index is 12.3. The van der Waals surface area contributed by atoms with Gasteiger partial charge in [0.15, 0.2) is 0 Å². The number of carbonyl (C=O) groups excluding carboxylic acids is 1. The molecule has 3 rings (SSSR count). The van der Waals surface area contributed by atoms with Crippen molar-refractivity contribution in [1.82, 2.24) is 9.59 Å². The van der Waals surface area contributed by atoms with E-state index in [1.807, 2.05) is 6.07 Å². The number of urea groups is 1. The van der Waals surface area contributed by atoms with Crippen LogP contribution in [0.4, 0.5) is 16.2 Å². The molecule has 0 unspecified atom stereocenters. The Labute approximate surface area is 146 Å². The molecular weight excluding hydrogens is 352 g/mol. The number of nitrogens with one attached hydrogen (secondary N) is 2. The number of hydrogen-bond donors (Lipinski definition) is 2. The molecule has 0 saturated heterocycles. The van der Waals surface area contributed by atoms with E-state index in [-0.39, 0.29) is 0 Å². The van der Waals surface area contributed by atoms with Crippen molar-refractivity contribution in [2.75, 3.05) is 24.9 Å². The van der Waals surface area contributed by atoms with Gasteiger partial charge < -0.3 is 20.1 Å². The first kappa shape index (κ1) is 16.3. The van der Waals surface area contributed by atoms with E-state index in [0.29, 0.717) is 27.9 Å². The van der Waals surface area contributed by atoms with Crippen molar-refractivity contribution in [3.63, 3.8) is 0 Å². The lowest BCUT2D eigenvalue weighted by Crippen LogP contribution is -2.20. The highest BCUT2D eigenvalue weighted by Crippen LogP contribution is 2.37. The molecule has 0 aliphatic carbocycles. The first-order valence-electron chi connectivity index (χ1n) is 6.82. The zero-order chi connectivity index (χ0) is 17.1. The Bertz CT molecular complexity index is 874. The van der Waals surface area contributed by atoms with Crippen molar-refractivity contribution in [2.45, 2.75) is 0 Å².